The Bertz CT molecular complexity index is 406. The van der Waals surface area contributed by atoms with Crippen LogP contribution in [0.4, 0.5) is 0 Å². The van der Waals surface area contributed by atoms with Crippen LogP contribution in [0.1, 0.15) is 25.5 Å². The van der Waals surface area contributed by atoms with Gasteiger partial charge in [-0.05, 0) is 12.0 Å². The van der Waals surface area contributed by atoms with Gasteiger partial charge in [0.15, 0.2) is 0 Å². The van der Waals surface area contributed by atoms with E-state index in [1.807, 2.05) is 0 Å². The number of rotatable bonds is 3. The number of aryl methyl sites for hydroxylation is 1. The van der Waals surface area contributed by atoms with Gasteiger partial charge in [-0.25, -0.2) is 0 Å². The lowest BCUT2D eigenvalue weighted by molar-refractivity contribution is -1.08. The number of nitrogens with zero attached hydrogens (tertiary/aromatic N) is 2. The molecule has 1 aromatic carbocycles. The van der Waals surface area contributed by atoms with Crippen LogP contribution in [0.15, 0.2) is 24.3 Å². The van der Waals surface area contributed by atoms with E-state index < -0.39 is 0 Å². The molecule has 0 atom stereocenters. The predicted molar refractivity (Wildman–Crippen MR) is 96.4 cm³/mol. The van der Waals surface area contributed by atoms with Crippen molar-refractivity contribution >= 4 is 24.8 Å². The van der Waals surface area contributed by atoms with Crippen LogP contribution in [-0.2, 0) is 13.0 Å². The van der Waals surface area contributed by atoms with Crippen LogP contribution in [0.3, 0.4) is 0 Å². The van der Waals surface area contributed by atoms with Crippen molar-refractivity contribution in [2.45, 2.75) is 27.3 Å². The van der Waals surface area contributed by atoms with E-state index >= 15 is 0 Å². The Labute approximate surface area is 143 Å². The maximum Gasteiger partial charge on any atom is 0.129 e. The first kappa shape index (κ1) is 20.7. The third kappa shape index (κ3) is 4.35. The third-order valence-corrected chi connectivity index (χ3v) is 5.29. The zero-order valence-electron chi connectivity index (χ0n) is 12.7. The van der Waals surface area contributed by atoms with E-state index in [-0.39, 0.29) is 32.2 Å². The van der Waals surface area contributed by atoms with Crippen LogP contribution in [-0.4, -0.2) is 55.3 Å². The van der Waals surface area contributed by atoms with Crippen molar-refractivity contribution in [1.29, 1.82) is 0 Å². The topological polar surface area (TPSA) is 0 Å². The van der Waals surface area contributed by atoms with E-state index in [1.165, 1.54) is 65.9 Å². The molecule has 0 amide bonds. The molecule has 1 aromatic rings. The highest BCUT2D eigenvalue weighted by atomic mass is 35.5. The Kier molecular flexibility index (Phi) is 7.72. The van der Waals surface area contributed by atoms with Crippen LogP contribution in [0, 0.1) is 0 Å². The van der Waals surface area contributed by atoms with Crippen molar-refractivity contribution < 1.29 is 8.97 Å². The first-order chi connectivity index (χ1) is 8.63. The molecule has 3 heterocycles. The van der Waals surface area contributed by atoms with Gasteiger partial charge in [0.05, 0.1) is 7.05 Å². The van der Waals surface area contributed by atoms with E-state index in [4.69, 9.17) is 0 Å². The van der Waals surface area contributed by atoms with Crippen LogP contribution in [0.2, 0.25) is 0 Å². The number of quaternary nitrogens is 2. The summed E-state index contributed by atoms with van der Waals surface area (Å²) >= 11 is 0. The van der Waals surface area contributed by atoms with Crippen LogP contribution < -0.4 is 0 Å². The summed E-state index contributed by atoms with van der Waals surface area (Å²) in [7, 11) is 2.43. The Balaban J connectivity index is 0.00000133. The summed E-state index contributed by atoms with van der Waals surface area (Å²) in [5.41, 5.74) is 2.99. The van der Waals surface area contributed by atoms with Crippen LogP contribution >= 0.6 is 24.8 Å². The van der Waals surface area contributed by atoms with Crippen molar-refractivity contribution in [2.24, 2.45) is 0 Å². The summed E-state index contributed by atoms with van der Waals surface area (Å²) in [5.74, 6) is 0. The Morgan fingerprint density at radius 1 is 0.810 bits per heavy atom. The van der Waals surface area contributed by atoms with Gasteiger partial charge in [0.2, 0.25) is 0 Å². The van der Waals surface area contributed by atoms with E-state index in [1.54, 1.807) is 0 Å². The number of hydrogen-bond acceptors (Lipinski definition) is 0. The summed E-state index contributed by atoms with van der Waals surface area (Å²) in [6.45, 7) is 11.8. The second kappa shape index (κ2) is 7.82. The molecule has 3 aliphatic heterocycles. The molecular weight excluding hydrogens is 303 g/mol. The zero-order valence-corrected chi connectivity index (χ0v) is 14.3. The number of benzene rings is 1. The molecule has 0 unspecified atom stereocenters. The largest absolute Gasteiger partial charge is 0.312 e. The first-order valence-electron chi connectivity index (χ1n) is 7.40. The molecule has 4 heteroatoms. The lowest BCUT2D eigenvalue weighted by atomic mass is 10.0. The molecule has 0 N–H and O–H groups in total. The SMILES string of the molecule is C.CCc1ccc(C[N+]23CC[N+](C)(CC2)CC3)cc1.Cl.Cl. The summed E-state index contributed by atoms with van der Waals surface area (Å²) in [6.07, 6.45) is 1.15. The lowest BCUT2D eigenvalue weighted by Gasteiger charge is -2.54. The maximum absolute atomic E-state index is 2.43. The van der Waals surface area contributed by atoms with E-state index in [0.717, 1.165) is 6.42 Å². The van der Waals surface area contributed by atoms with Crippen molar-refractivity contribution in [2.75, 3.05) is 46.3 Å². The highest BCUT2D eigenvalue weighted by molar-refractivity contribution is 5.85. The molecule has 3 fully saturated rings. The zero-order chi connectivity index (χ0) is 12.6. The number of hydrogen-bond donors (Lipinski definition) is 0. The summed E-state index contributed by atoms with van der Waals surface area (Å²) in [6, 6.07) is 9.32. The average molecular weight is 335 g/mol. The monoisotopic (exact) mass is 334 g/mol. The molecule has 3 saturated heterocycles. The third-order valence-electron chi connectivity index (χ3n) is 5.29. The first-order valence-corrected chi connectivity index (χ1v) is 7.40. The van der Waals surface area contributed by atoms with Crippen molar-refractivity contribution in [3.05, 3.63) is 35.4 Å². The van der Waals surface area contributed by atoms with Gasteiger partial charge in [-0.2, -0.15) is 0 Å². The van der Waals surface area contributed by atoms with Gasteiger partial charge in [-0.1, -0.05) is 38.6 Å². The standard InChI is InChI=1S/C16H26N2.CH4.2ClH/c1-3-15-4-6-16(7-5-15)14-18-11-8-17(2,9-12-18)10-13-18;;;/h4-7H,3,8-14H2,1-2H3;1H4;2*1H/q+2;;;. The molecule has 4 rings (SSSR count). The minimum absolute atomic E-state index is 0. The van der Waals surface area contributed by atoms with Crippen molar-refractivity contribution in [3.8, 4) is 0 Å². The quantitative estimate of drug-likeness (QED) is 0.742. The fraction of sp³-hybridized carbons (Fsp3) is 0.647. The highest BCUT2D eigenvalue weighted by Gasteiger charge is 2.46. The molecule has 0 spiro atoms. The average Bonchev–Trinajstić information content (AvgIpc) is 2.42. The van der Waals surface area contributed by atoms with Crippen LogP contribution in [0.5, 0.6) is 0 Å². The molecule has 0 saturated carbocycles. The number of likely N-dealkylation sites (N-methyl/N-ethyl adjacent to an activating group) is 1. The van der Waals surface area contributed by atoms with Gasteiger partial charge >= 0.3 is 0 Å². The molecule has 2 nitrogen and oxygen atoms in total. The summed E-state index contributed by atoms with van der Waals surface area (Å²) in [4.78, 5) is 0. The summed E-state index contributed by atoms with van der Waals surface area (Å²) < 4.78 is 2.67. The van der Waals surface area contributed by atoms with Gasteiger partial charge in [-0.3, -0.25) is 0 Å². The summed E-state index contributed by atoms with van der Waals surface area (Å²) in [5, 5.41) is 0. The highest BCUT2D eigenvalue weighted by Crippen LogP contribution is 2.27. The van der Waals surface area contributed by atoms with Crippen LogP contribution in [0.25, 0.3) is 0 Å². The Morgan fingerprint density at radius 3 is 1.67 bits per heavy atom. The van der Waals surface area contributed by atoms with Gasteiger partial charge in [-0.15, -0.1) is 24.8 Å². The minimum atomic E-state index is 0. The van der Waals surface area contributed by atoms with E-state index in [2.05, 4.69) is 38.2 Å². The van der Waals surface area contributed by atoms with Crippen molar-refractivity contribution in [3.63, 3.8) is 0 Å². The van der Waals surface area contributed by atoms with Gasteiger partial charge < -0.3 is 8.97 Å². The Morgan fingerprint density at radius 2 is 1.24 bits per heavy atom. The number of halogens is 2. The van der Waals surface area contributed by atoms with Gasteiger partial charge in [0.1, 0.15) is 45.8 Å². The van der Waals surface area contributed by atoms with Gasteiger partial charge in [0, 0.05) is 5.56 Å². The Hall–Kier alpha value is -0.280. The molecule has 2 bridgehead atoms. The normalized spacial score (nSPS) is 29.8. The molecule has 21 heavy (non-hydrogen) atoms. The molecular formula is C17H32Cl2N2+2. The number of fused-ring (bicyclic) bond motifs is 3. The second-order valence-corrected chi connectivity index (χ2v) is 6.63. The molecule has 0 aromatic heterocycles. The second-order valence-electron chi connectivity index (χ2n) is 6.63. The van der Waals surface area contributed by atoms with E-state index in [0.29, 0.717) is 0 Å². The predicted octanol–water partition coefficient (Wildman–Crippen LogP) is 3.52. The molecule has 122 valence electrons. The molecule has 0 aliphatic carbocycles. The lowest BCUT2D eigenvalue weighted by Crippen LogP contribution is -2.73. The van der Waals surface area contributed by atoms with Crippen molar-refractivity contribution in [1.82, 2.24) is 0 Å². The smallest absolute Gasteiger partial charge is 0.129 e. The maximum atomic E-state index is 2.43. The minimum Gasteiger partial charge on any atom is -0.312 e. The fourth-order valence-corrected chi connectivity index (χ4v) is 3.54. The molecule has 0 radical (unpaired) electrons. The molecule has 3 aliphatic rings. The van der Waals surface area contributed by atoms with E-state index in [9.17, 15) is 0 Å². The van der Waals surface area contributed by atoms with Gasteiger partial charge in [0.25, 0.3) is 0 Å². The fourth-order valence-electron chi connectivity index (χ4n) is 3.54. The number of piperazine rings is 3.